The number of hydrogen-bond donors (Lipinski definition) is 1. The van der Waals surface area contributed by atoms with Gasteiger partial charge in [-0.3, -0.25) is 0 Å². The van der Waals surface area contributed by atoms with Crippen molar-refractivity contribution < 1.29 is 0 Å². The first kappa shape index (κ1) is 8.06. The molecule has 0 aromatic heterocycles. The molecule has 0 amide bonds. The summed E-state index contributed by atoms with van der Waals surface area (Å²) in [4.78, 5) is 0. The molecule has 0 spiro atoms. The molecule has 0 saturated heterocycles. The summed E-state index contributed by atoms with van der Waals surface area (Å²) >= 11 is 0. The molecule has 1 aliphatic carbocycles. The Morgan fingerprint density at radius 3 is 2.60 bits per heavy atom. The highest BCUT2D eigenvalue weighted by Crippen LogP contribution is 2.26. The molecule has 0 atom stereocenters. The molecule has 1 fully saturated rings. The van der Waals surface area contributed by atoms with Crippen LogP contribution >= 0.6 is 0 Å². The summed E-state index contributed by atoms with van der Waals surface area (Å²) in [6.07, 6.45) is 7.25. The van der Waals surface area contributed by atoms with E-state index in [0.717, 1.165) is 12.5 Å². The molecular weight excluding hydrogens is 122 g/mol. The molecule has 0 aromatic carbocycles. The van der Waals surface area contributed by atoms with Crippen molar-refractivity contribution in [3.05, 3.63) is 6.92 Å². The maximum Gasteiger partial charge on any atom is -0.00463 e. The fourth-order valence-electron chi connectivity index (χ4n) is 1.73. The van der Waals surface area contributed by atoms with Crippen LogP contribution in [0.15, 0.2) is 0 Å². The lowest BCUT2D eigenvalue weighted by molar-refractivity contribution is 0.485. The van der Waals surface area contributed by atoms with E-state index in [0.29, 0.717) is 0 Å². The summed E-state index contributed by atoms with van der Waals surface area (Å²) < 4.78 is 0. The van der Waals surface area contributed by atoms with Crippen molar-refractivity contribution in [3.8, 4) is 0 Å². The Balaban J connectivity index is 1.91. The second-order valence-electron chi connectivity index (χ2n) is 3.19. The molecule has 0 unspecified atom stereocenters. The number of nitrogens with one attached hydrogen (secondary N) is 1. The molecule has 1 rings (SSSR count). The van der Waals surface area contributed by atoms with Gasteiger partial charge in [-0.2, -0.15) is 0 Å². The third-order valence-corrected chi connectivity index (χ3v) is 2.38. The van der Waals surface area contributed by atoms with Crippen LogP contribution in [0.1, 0.15) is 32.1 Å². The minimum Gasteiger partial charge on any atom is -0.317 e. The van der Waals surface area contributed by atoms with Gasteiger partial charge in [0.25, 0.3) is 0 Å². The van der Waals surface area contributed by atoms with Crippen LogP contribution in [0.4, 0.5) is 0 Å². The van der Waals surface area contributed by atoms with Crippen molar-refractivity contribution in [2.75, 3.05) is 13.1 Å². The maximum atomic E-state index is 3.74. The highest BCUT2D eigenvalue weighted by atomic mass is 14.8. The van der Waals surface area contributed by atoms with Gasteiger partial charge in [0.15, 0.2) is 0 Å². The molecule has 1 N–H and O–H groups in total. The van der Waals surface area contributed by atoms with E-state index < -0.39 is 0 Å². The van der Waals surface area contributed by atoms with Gasteiger partial charge in [0.1, 0.15) is 0 Å². The van der Waals surface area contributed by atoms with Gasteiger partial charge in [-0.15, -0.1) is 0 Å². The quantitative estimate of drug-likeness (QED) is 0.589. The lowest BCUT2D eigenvalue weighted by atomic mass is 10.0. The van der Waals surface area contributed by atoms with Gasteiger partial charge in [-0.05, 0) is 32.4 Å². The molecule has 1 radical (unpaired) electrons. The van der Waals surface area contributed by atoms with Crippen LogP contribution < -0.4 is 5.32 Å². The average molecular weight is 140 g/mol. The van der Waals surface area contributed by atoms with Gasteiger partial charge in [-0.25, -0.2) is 0 Å². The van der Waals surface area contributed by atoms with Gasteiger partial charge in [0, 0.05) is 0 Å². The number of rotatable bonds is 4. The van der Waals surface area contributed by atoms with Gasteiger partial charge < -0.3 is 5.32 Å². The van der Waals surface area contributed by atoms with E-state index in [4.69, 9.17) is 0 Å². The zero-order chi connectivity index (χ0) is 7.23. The standard InChI is InChI=1S/C9H18N/c1-2-10-8-7-9-5-3-4-6-9/h9-10H,1-8H2. The summed E-state index contributed by atoms with van der Waals surface area (Å²) in [5, 5.41) is 3.26. The van der Waals surface area contributed by atoms with Crippen LogP contribution in [0, 0.1) is 12.8 Å². The van der Waals surface area contributed by atoms with Crippen molar-refractivity contribution in [2.45, 2.75) is 32.1 Å². The third kappa shape index (κ3) is 2.70. The smallest absolute Gasteiger partial charge is 0.00463 e. The highest BCUT2D eigenvalue weighted by molar-refractivity contribution is 4.68. The molecule has 1 saturated carbocycles. The van der Waals surface area contributed by atoms with E-state index in [1.165, 1.54) is 38.6 Å². The highest BCUT2D eigenvalue weighted by Gasteiger charge is 2.13. The van der Waals surface area contributed by atoms with Crippen molar-refractivity contribution in [1.82, 2.24) is 5.32 Å². The van der Waals surface area contributed by atoms with Gasteiger partial charge in [0.05, 0.1) is 0 Å². The predicted molar refractivity (Wildman–Crippen MR) is 44.8 cm³/mol. The molecule has 1 nitrogen and oxygen atoms in total. The molecule has 0 heterocycles. The fourth-order valence-corrected chi connectivity index (χ4v) is 1.73. The minimum atomic E-state index is 0.882. The van der Waals surface area contributed by atoms with Crippen LogP contribution in [0.3, 0.4) is 0 Å². The Bertz CT molecular complexity index is 74.8. The van der Waals surface area contributed by atoms with Gasteiger partial charge in [0.2, 0.25) is 0 Å². The Labute approximate surface area is 64.2 Å². The largest absolute Gasteiger partial charge is 0.317 e. The van der Waals surface area contributed by atoms with Crippen LogP contribution in [-0.4, -0.2) is 13.1 Å². The first-order valence-electron chi connectivity index (χ1n) is 4.43. The zero-order valence-corrected chi connectivity index (χ0v) is 6.73. The van der Waals surface area contributed by atoms with E-state index in [9.17, 15) is 0 Å². The van der Waals surface area contributed by atoms with Gasteiger partial charge in [-0.1, -0.05) is 25.7 Å². The van der Waals surface area contributed by atoms with E-state index >= 15 is 0 Å². The van der Waals surface area contributed by atoms with Crippen molar-refractivity contribution in [2.24, 2.45) is 5.92 Å². The maximum absolute atomic E-state index is 3.74. The predicted octanol–water partition coefficient (Wildman–Crippen LogP) is 1.99. The van der Waals surface area contributed by atoms with Crippen molar-refractivity contribution in [1.29, 1.82) is 0 Å². The molecule has 10 heavy (non-hydrogen) atoms. The van der Waals surface area contributed by atoms with Crippen LogP contribution in [0.5, 0.6) is 0 Å². The summed E-state index contributed by atoms with van der Waals surface area (Å²) in [7, 11) is 0. The van der Waals surface area contributed by atoms with Crippen LogP contribution in [0.25, 0.3) is 0 Å². The summed E-state index contributed by atoms with van der Waals surface area (Å²) in [6, 6.07) is 0. The topological polar surface area (TPSA) is 12.0 Å². The second kappa shape index (κ2) is 4.73. The lowest BCUT2D eigenvalue weighted by Crippen LogP contribution is -2.16. The summed E-state index contributed by atoms with van der Waals surface area (Å²) in [5.74, 6) is 1.03. The first-order valence-corrected chi connectivity index (χ1v) is 4.43. The molecule has 0 aliphatic heterocycles. The van der Waals surface area contributed by atoms with E-state index in [-0.39, 0.29) is 0 Å². The van der Waals surface area contributed by atoms with Crippen LogP contribution in [0.2, 0.25) is 0 Å². The molecule has 1 heteroatoms. The van der Waals surface area contributed by atoms with Crippen molar-refractivity contribution in [3.63, 3.8) is 0 Å². The third-order valence-electron chi connectivity index (χ3n) is 2.38. The molecular formula is C9H18N. The molecule has 0 bridgehead atoms. The van der Waals surface area contributed by atoms with Crippen molar-refractivity contribution >= 4 is 0 Å². The summed E-state index contributed by atoms with van der Waals surface area (Å²) in [6.45, 7) is 5.80. The first-order chi connectivity index (χ1) is 4.93. The van der Waals surface area contributed by atoms with Crippen LogP contribution in [-0.2, 0) is 0 Å². The molecule has 1 aliphatic rings. The van der Waals surface area contributed by atoms with E-state index in [1.54, 1.807) is 0 Å². The summed E-state index contributed by atoms with van der Waals surface area (Å²) in [5.41, 5.74) is 0. The Morgan fingerprint density at radius 1 is 1.30 bits per heavy atom. The fraction of sp³-hybridized carbons (Fsp3) is 0.889. The normalized spacial score (nSPS) is 20.1. The monoisotopic (exact) mass is 140 g/mol. The Morgan fingerprint density at radius 2 is 2.00 bits per heavy atom. The van der Waals surface area contributed by atoms with E-state index in [1.807, 2.05) is 0 Å². The Hall–Kier alpha value is -0.0400. The SMILES string of the molecule is [CH2]CNCCC1CCCC1. The van der Waals surface area contributed by atoms with Gasteiger partial charge >= 0.3 is 0 Å². The Kier molecular flexibility index (Phi) is 3.81. The zero-order valence-electron chi connectivity index (χ0n) is 6.73. The van der Waals surface area contributed by atoms with E-state index in [2.05, 4.69) is 12.2 Å². The number of hydrogen-bond acceptors (Lipinski definition) is 1. The lowest BCUT2D eigenvalue weighted by Gasteiger charge is -2.07. The second-order valence-corrected chi connectivity index (χ2v) is 3.19. The molecule has 0 aromatic rings. The minimum absolute atomic E-state index is 0.882. The molecule has 59 valence electrons. The average Bonchev–Trinajstić information content (AvgIpc) is 2.41.